The van der Waals surface area contributed by atoms with Crippen LogP contribution in [0.1, 0.15) is 13.2 Å². The molecule has 1 aliphatic rings. The number of carbonyl (C=O) groups is 1. The summed E-state index contributed by atoms with van der Waals surface area (Å²) in [6.07, 6.45) is -9.20. The van der Waals surface area contributed by atoms with Gasteiger partial charge in [0.2, 0.25) is 0 Å². The Morgan fingerprint density at radius 1 is 1.29 bits per heavy atom. The Morgan fingerprint density at radius 2 is 1.95 bits per heavy atom. The molecular formula is C20H24F3N4O10P. The zero-order chi connectivity index (χ0) is 28.3. The molecular weight excluding hydrogens is 544 g/mol. The lowest BCUT2D eigenvalue weighted by atomic mass is 10.1. The molecule has 3 rings (SSSR count). The van der Waals surface area contributed by atoms with E-state index in [0.29, 0.717) is 0 Å². The fourth-order valence-electron chi connectivity index (χ4n) is 3.24. The minimum atomic E-state index is -4.80. The molecule has 38 heavy (non-hydrogen) atoms. The van der Waals surface area contributed by atoms with Crippen molar-refractivity contribution in [3.05, 3.63) is 63.4 Å². The molecule has 1 unspecified atom stereocenters. The van der Waals surface area contributed by atoms with E-state index >= 15 is 0 Å². The molecule has 2 aromatic rings. The summed E-state index contributed by atoms with van der Waals surface area (Å²) in [4.78, 5) is 37.3. The summed E-state index contributed by atoms with van der Waals surface area (Å²) in [5.41, 5.74) is 1.96. The smallest absolute Gasteiger partial charge is 0.455 e. The van der Waals surface area contributed by atoms with E-state index in [4.69, 9.17) is 19.5 Å². The topological polar surface area (TPSA) is 204 Å². The van der Waals surface area contributed by atoms with Gasteiger partial charge in [-0.3, -0.25) is 29.4 Å². The standard InChI is InChI=1S/C20H24F3N4O10P/c1-11(17(31)34-10-20(21,22)23)26-38(33,37-12-5-3-2-4-6-12)35-9-19(24)15(30)14(29)16(36-19)27-8-7-13(28)25-18(27)32/h2-8,11,14-16,29-30H,9-10,24H2,1H3,(H,26,33)(H,25,28,32)/t11-,14+,15-,16+,19+,38?/m0/s1. The molecule has 0 amide bonds. The number of alkyl halides is 3. The van der Waals surface area contributed by atoms with Crippen LogP contribution in [0.25, 0.3) is 0 Å². The molecule has 0 spiro atoms. The molecule has 1 aromatic heterocycles. The predicted molar refractivity (Wildman–Crippen MR) is 121 cm³/mol. The van der Waals surface area contributed by atoms with Gasteiger partial charge in [-0.1, -0.05) is 18.2 Å². The van der Waals surface area contributed by atoms with Gasteiger partial charge in [-0.15, -0.1) is 0 Å². The highest BCUT2D eigenvalue weighted by Gasteiger charge is 2.54. The lowest BCUT2D eigenvalue weighted by Gasteiger charge is -2.30. The normalized spacial score (nSPS) is 25.9. The number of benzene rings is 1. The van der Waals surface area contributed by atoms with E-state index in [9.17, 15) is 42.3 Å². The largest absolute Gasteiger partial charge is 0.459 e. The van der Waals surface area contributed by atoms with Crippen molar-refractivity contribution < 1.29 is 51.3 Å². The zero-order valence-corrected chi connectivity index (χ0v) is 20.4. The van der Waals surface area contributed by atoms with Crippen LogP contribution >= 0.6 is 7.75 Å². The second kappa shape index (κ2) is 11.4. The van der Waals surface area contributed by atoms with Crippen LogP contribution < -0.4 is 26.6 Å². The maximum absolute atomic E-state index is 13.5. The van der Waals surface area contributed by atoms with Crippen molar-refractivity contribution in [3.63, 3.8) is 0 Å². The Morgan fingerprint density at radius 3 is 2.55 bits per heavy atom. The van der Waals surface area contributed by atoms with Gasteiger partial charge < -0.3 is 24.2 Å². The van der Waals surface area contributed by atoms with E-state index in [1.165, 1.54) is 24.3 Å². The Labute approximate surface area is 211 Å². The summed E-state index contributed by atoms with van der Waals surface area (Å²) in [6, 6.07) is 6.60. The lowest BCUT2D eigenvalue weighted by Crippen LogP contribution is -2.54. The first-order valence-corrected chi connectivity index (χ1v) is 12.3. The van der Waals surface area contributed by atoms with Gasteiger partial charge in [-0.05, 0) is 19.1 Å². The summed E-state index contributed by atoms with van der Waals surface area (Å²) in [7, 11) is -4.67. The summed E-state index contributed by atoms with van der Waals surface area (Å²) in [6.45, 7) is -1.84. The van der Waals surface area contributed by atoms with E-state index in [-0.39, 0.29) is 5.75 Å². The molecule has 6 atom stereocenters. The van der Waals surface area contributed by atoms with E-state index in [1.54, 1.807) is 6.07 Å². The van der Waals surface area contributed by atoms with Crippen molar-refractivity contribution in [2.45, 2.75) is 43.3 Å². The van der Waals surface area contributed by atoms with Gasteiger partial charge in [-0.25, -0.2) is 9.36 Å². The lowest BCUT2D eigenvalue weighted by molar-refractivity contribution is -0.187. The number of nitrogens with one attached hydrogen (secondary N) is 2. The van der Waals surface area contributed by atoms with Crippen molar-refractivity contribution in [2.24, 2.45) is 5.73 Å². The highest BCUT2D eigenvalue weighted by molar-refractivity contribution is 7.52. The van der Waals surface area contributed by atoms with Gasteiger partial charge >= 0.3 is 25.6 Å². The third-order valence-electron chi connectivity index (χ3n) is 5.09. The first-order valence-electron chi connectivity index (χ1n) is 10.8. The molecule has 0 aliphatic carbocycles. The second-order valence-corrected chi connectivity index (χ2v) is 9.86. The fraction of sp³-hybridized carbons (Fsp3) is 0.450. The first-order chi connectivity index (χ1) is 17.6. The molecule has 0 radical (unpaired) electrons. The number of hydrogen-bond donors (Lipinski definition) is 5. The molecule has 1 saturated heterocycles. The number of aromatic amines is 1. The molecule has 0 bridgehead atoms. The van der Waals surface area contributed by atoms with Gasteiger partial charge in [-0.2, -0.15) is 18.3 Å². The van der Waals surface area contributed by atoms with Crippen LogP contribution in [0.5, 0.6) is 5.75 Å². The number of carbonyl (C=O) groups excluding carboxylic acids is 1. The van der Waals surface area contributed by atoms with Crippen LogP contribution in [0.15, 0.2) is 52.2 Å². The number of nitrogens with zero attached hydrogens (tertiary/aromatic N) is 1. The number of halogens is 3. The van der Waals surface area contributed by atoms with Crippen LogP contribution in [-0.2, 0) is 23.4 Å². The number of rotatable bonds is 10. The molecule has 6 N–H and O–H groups in total. The maximum Gasteiger partial charge on any atom is 0.459 e. The minimum Gasteiger partial charge on any atom is -0.455 e. The van der Waals surface area contributed by atoms with E-state index in [2.05, 4.69) is 9.82 Å². The average Bonchev–Trinajstić information content (AvgIpc) is 3.06. The highest BCUT2D eigenvalue weighted by atomic mass is 31.2. The number of aromatic nitrogens is 2. The minimum absolute atomic E-state index is 0.0455. The molecule has 0 saturated carbocycles. The highest BCUT2D eigenvalue weighted by Crippen LogP contribution is 2.47. The van der Waals surface area contributed by atoms with Crippen LogP contribution in [0.4, 0.5) is 13.2 Å². The van der Waals surface area contributed by atoms with E-state index in [1.807, 2.05) is 4.98 Å². The molecule has 1 aromatic carbocycles. The van der Waals surface area contributed by atoms with Gasteiger partial charge in [0.15, 0.2) is 18.6 Å². The molecule has 2 heterocycles. The number of aliphatic hydroxyl groups is 2. The predicted octanol–water partition coefficient (Wildman–Crippen LogP) is -0.271. The number of nitrogens with two attached hydrogens (primary N) is 1. The maximum atomic E-state index is 13.5. The Balaban J connectivity index is 1.79. The van der Waals surface area contributed by atoms with Crippen molar-refractivity contribution in [3.8, 4) is 5.75 Å². The number of para-hydroxylation sites is 1. The summed E-state index contributed by atoms with van der Waals surface area (Å²) < 4.78 is 71.6. The van der Waals surface area contributed by atoms with Crippen molar-refractivity contribution in [1.29, 1.82) is 0 Å². The van der Waals surface area contributed by atoms with Gasteiger partial charge in [0, 0.05) is 12.3 Å². The number of ether oxygens (including phenoxy) is 2. The Kier molecular flexibility index (Phi) is 8.82. The van der Waals surface area contributed by atoms with Crippen molar-refractivity contribution in [2.75, 3.05) is 13.2 Å². The summed E-state index contributed by atoms with van der Waals surface area (Å²) in [5, 5.41) is 23.0. The number of H-pyrrole nitrogens is 1. The first kappa shape index (κ1) is 29.5. The Hall–Kier alpha value is -3.05. The zero-order valence-electron chi connectivity index (χ0n) is 19.5. The average molecular weight is 568 g/mol. The van der Waals surface area contributed by atoms with Gasteiger partial charge in [0.1, 0.15) is 30.6 Å². The number of esters is 1. The summed E-state index contributed by atoms with van der Waals surface area (Å²) in [5.74, 6) is -1.48. The van der Waals surface area contributed by atoms with Crippen LogP contribution in [0, 0.1) is 0 Å². The van der Waals surface area contributed by atoms with Gasteiger partial charge in [0.05, 0.1) is 0 Å². The number of aliphatic hydroxyl groups excluding tert-OH is 2. The second-order valence-electron chi connectivity index (χ2n) is 8.17. The molecule has 18 heteroatoms. The van der Waals surface area contributed by atoms with E-state index in [0.717, 1.165) is 23.8 Å². The van der Waals surface area contributed by atoms with Crippen LogP contribution in [0.3, 0.4) is 0 Å². The fourth-order valence-corrected chi connectivity index (χ4v) is 4.77. The SMILES string of the molecule is C[C@H](NP(=O)(OC[C@@]1(N)O[C@@H](n2ccc(=O)[nH]c2=O)[C@H](O)[C@@H]1O)Oc1ccccc1)C(=O)OCC(F)(F)F. The van der Waals surface area contributed by atoms with Crippen molar-refractivity contribution in [1.82, 2.24) is 14.6 Å². The van der Waals surface area contributed by atoms with Crippen LogP contribution in [-0.4, -0.2) is 69.1 Å². The number of hydrogen-bond acceptors (Lipinski definition) is 11. The van der Waals surface area contributed by atoms with Gasteiger partial charge in [0.25, 0.3) is 5.56 Å². The molecule has 1 aliphatic heterocycles. The third-order valence-corrected chi connectivity index (χ3v) is 6.72. The van der Waals surface area contributed by atoms with Crippen molar-refractivity contribution >= 4 is 13.7 Å². The third kappa shape index (κ3) is 7.28. The van der Waals surface area contributed by atoms with Crippen LogP contribution in [0.2, 0.25) is 0 Å². The quantitative estimate of drug-likeness (QED) is 0.186. The Bertz CT molecular complexity index is 1290. The molecule has 14 nitrogen and oxygen atoms in total. The van der Waals surface area contributed by atoms with E-state index < -0.39 is 74.6 Å². The molecule has 210 valence electrons. The molecule has 1 fully saturated rings. The summed E-state index contributed by atoms with van der Waals surface area (Å²) >= 11 is 0. The monoisotopic (exact) mass is 568 g/mol.